The molecule has 1 nitrogen and oxygen atoms in total. The molecule has 0 aliphatic heterocycles. The molecule has 1 aliphatic carbocycles. The Bertz CT molecular complexity index is 325. The van der Waals surface area contributed by atoms with Crippen LogP contribution in [0.2, 0.25) is 10.0 Å². The van der Waals surface area contributed by atoms with Gasteiger partial charge < -0.3 is 5.11 Å². The first-order valence-electron chi connectivity index (χ1n) is 4.28. The van der Waals surface area contributed by atoms with E-state index in [0.717, 1.165) is 17.0 Å². The molecule has 0 spiro atoms. The van der Waals surface area contributed by atoms with Gasteiger partial charge in [-0.3, -0.25) is 0 Å². The smallest absolute Gasteiger partial charge is 0.0465 e. The third kappa shape index (κ3) is 1.83. The maximum atomic E-state index is 8.92. The highest BCUT2D eigenvalue weighted by molar-refractivity contribution is 6.33. The number of hydrogen-bond donors (Lipinski definition) is 1. The summed E-state index contributed by atoms with van der Waals surface area (Å²) in [7, 11) is 0. The van der Waals surface area contributed by atoms with Gasteiger partial charge in [-0.2, -0.15) is 0 Å². The molecule has 2 unspecified atom stereocenters. The van der Waals surface area contributed by atoms with Crippen molar-refractivity contribution < 1.29 is 5.11 Å². The van der Waals surface area contributed by atoms with E-state index in [1.54, 1.807) is 6.07 Å². The number of rotatable bonds is 2. The molecule has 0 saturated heterocycles. The summed E-state index contributed by atoms with van der Waals surface area (Å²) in [5.74, 6) is 0.798. The Morgan fingerprint density at radius 3 is 2.77 bits per heavy atom. The van der Waals surface area contributed by atoms with E-state index >= 15 is 0 Å². The first kappa shape index (κ1) is 9.32. The number of aliphatic hydroxyl groups excluding tert-OH is 1. The second kappa shape index (κ2) is 3.49. The van der Waals surface area contributed by atoms with Crippen LogP contribution in [-0.2, 0) is 0 Å². The minimum absolute atomic E-state index is 0.244. The average molecular weight is 217 g/mol. The fourth-order valence-electron chi connectivity index (χ4n) is 1.63. The third-order valence-electron chi connectivity index (χ3n) is 2.51. The predicted octanol–water partition coefficient (Wildman–Crippen LogP) is 3.09. The van der Waals surface area contributed by atoms with Gasteiger partial charge in [-0.15, -0.1) is 0 Å². The van der Waals surface area contributed by atoms with E-state index in [1.807, 2.05) is 12.1 Å². The molecule has 2 atom stereocenters. The van der Waals surface area contributed by atoms with Gasteiger partial charge >= 0.3 is 0 Å². The lowest BCUT2D eigenvalue weighted by atomic mass is 10.1. The molecular weight excluding hydrogens is 207 g/mol. The minimum Gasteiger partial charge on any atom is -0.396 e. The molecule has 1 aromatic carbocycles. The first-order valence-corrected chi connectivity index (χ1v) is 5.03. The van der Waals surface area contributed by atoms with Crippen LogP contribution >= 0.6 is 23.2 Å². The lowest BCUT2D eigenvalue weighted by molar-refractivity contribution is 0.274. The highest BCUT2D eigenvalue weighted by Crippen LogP contribution is 2.49. The Morgan fingerprint density at radius 2 is 2.15 bits per heavy atom. The molecule has 1 N–H and O–H groups in total. The van der Waals surface area contributed by atoms with E-state index < -0.39 is 0 Å². The molecule has 0 aromatic heterocycles. The van der Waals surface area contributed by atoms with E-state index in [9.17, 15) is 0 Å². The quantitative estimate of drug-likeness (QED) is 0.806. The Hall–Kier alpha value is -0.240. The zero-order valence-electron chi connectivity index (χ0n) is 7.00. The molecular formula is C10H10Cl2O. The van der Waals surface area contributed by atoms with Gasteiger partial charge in [-0.25, -0.2) is 0 Å². The monoisotopic (exact) mass is 216 g/mol. The molecule has 3 heteroatoms. The molecule has 70 valence electrons. The molecule has 1 saturated carbocycles. The summed E-state index contributed by atoms with van der Waals surface area (Å²) in [6.45, 7) is 0.244. The van der Waals surface area contributed by atoms with Crippen LogP contribution in [0.4, 0.5) is 0 Å². The van der Waals surface area contributed by atoms with Crippen molar-refractivity contribution in [3.63, 3.8) is 0 Å². The molecule has 1 fully saturated rings. The van der Waals surface area contributed by atoms with E-state index in [2.05, 4.69) is 0 Å². The molecule has 0 radical (unpaired) electrons. The van der Waals surface area contributed by atoms with Gasteiger partial charge in [0.05, 0.1) is 0 Å². The van der Waals surface area contributed by atoms with Crippen molar-refractivity contribution in [2.24, 2.45) is 5.92 Å². The Labute approximate surface area is 87.3 Å². The van der Waals surface area contributed by atoms with Gasteiger partial charge in [0.2, 0.25) is 0 Å². The van der Waals surface area contributed by atoms with E-state index in [4.69, 9.17) is 28.3 Å². The molecule has 0 amide bonds. The van der Waals surface area contributed by atoms with Crippen molar-refractivity contribution in [3.8, 4) is 0 Å². The summed E-state index contributed by atoms with van der Waals surface area (Å²) in [6.07, 6.45) is 1.02. The number of hydrogen-bond acceptors (Lipinski definition) is 1. The van der Waals surface area contributed by atoms with Crippen LogP contribution in [0.1, 0.15) is 17.9 Å². The van der Waals surface area contributed by atoms with Gasteiger partial charge in [-0.05, 0) is 42.0 Å². The Balaban J connectivity index is 2.25. The second-order valence-corrected chi connectivity index (χ2v) is 4.29. The summed E-state index contributed by atoms with van der Waals surface area (Å²) in [6, 6.07) is 5.49. The van der Waals surface area contributed by atoms with Crippen LogP contribution in [0.3, 0.4) is 0 Å². The minimum atomic E-state index is 0.244. The van der Waals surface area contributed by atoms with Crippen LogP contribution in [0.5, 0.6) is 0 Å². The average Bonchev–Trinajstić information content (AvgIpc) is 2.88. The van der Waals surface area contributed by atoms with Crippen molar-refractivity contribution in [2.75, 3.05) is 6.61 Å². The van der Waals surface area contributed by atoms with Crippen LogP contribution in [0.25, 0.3) is 0 Å². The number of halogens is 2. The second-order valence-electron chi connectivity index (χ2n) is 3.45. The summed E-state index contributed by atoms with van der Waals surface area (Å²) in [5, 5.41) is 10.4. The largest absolute Gasteiger partial charge is 0.396 e. The highest BCUT2D eigenvalue weighted by Gasteiger charge is 2.38. The van der Waals surface area contributed by atoms with Crippen LogP contribution in [-0.4, -0.2) is 11.7 Å². The van der Waals surface area contributed by atoms with Crippen molar-refractivity contribution >= 4 is 23.2 Å². The van der Waals surface area contributed by atoms with Crippen molar-refractivity contribution in [3.05, 3.63) is 33.8 Å². The van der Waals surface area contributed by atoms with E-state index in [1.165, 1.54) is 0 Å². The Kier molecular flexibility index (Phi) is 2.50. The van der Waals surface area contributed by atoms with E-state index in [0.29, 0.717) is 16.9 Å². The fraction of sp³-hybridized carbons (Fsp3) is 0.400. The number of aliphatic hydroxyl groups is 1. The maximum Gasteiger partial charge on any atom is 0.0465 e. The normalized spacial score (nSPS) is 26.1. The van der Waals surface area contributed by atoms with Gasteiger partial charge in [0.1, 0.15) is 0 Å². The third-order valence-corrected chi connectivity index (χ3v) is 3.09. The van der Waals surface area contributed by atoms with Crippen molar-refractivity contribution in [1.82, 2.24) is 0 Å². The molecule has 1 aromatic rings. The Morgan fingerprint density at radius 1 is 1.38 bits per heavy atom. The fourth-order valence-corrected chi connectivity index (χ4v) is 2.07. The van der Waals surface area contributed by atoms with Crippen molar-refractivity contribution in [2.45, 2.75) is 12.3 Å². The lowest BCUT2D eigenvalue weighted by Crippen LogP contribution is -1.89. The lowest BCUT2D eigenvalue weighted by Gasteiger charge is -2.02. The van der Waals surface area contributed by atoms with Gasteiger partial charge in [0.25, 0.3) is 0 Å². The maximum absolute atomic E-state index is 8.92. The topological polar surface area (TPSA) is 20.2 Å². The van der Waals surface area contributed by atoms with Crippen LogP contribution in [0, 0.1) is 5.92 Å². The summed E-state index contributed by atoms with van der Waals surface area (Å²) < 4.78 is 0. The molecule has 13 heavy (non-hydrogen) atoms. The zero-order chi connectivity index (χ0) is 9.42. The summed E-state index contributed by atoms with van der Waals surface area (Å²) in [4.78, 5) is 0. The molecule has 2 rings (SSSR count). The molecule has 1 aliphatic rings. The van der Waals surface area contributed by atoms with Crippen LogP contribution < -0.4 is 0 Å². The standard InChI is InChI=1S/C10H10Cl2O/c11-7-1-2-10(12)9(4-7)8-3-6(8)5-13/h1-2,4,6,8,13H,3,5H2. The van der Waals surface area contributed by atoms with Gasteiger partial charge in [-0.1, -0.05) is 23.2 Å². The van der Waals surface area contributed by atoms with Gasteiger partial charge in [0, 0.05) is 16.7 Å². The zero-order valence-corrected chi connectivity index (χ0v) is 8.52. The predicted molar refractivity (Wildman–Crippen MR) is 54.4 cm³/mol. The number of benzene rings is 1. The molecule has 0 bridgehead atoms. The summed E-state index contributed by atoms with van der Waals surface area (Å²) >= 11 is 11.9. The summed E-state index contributed by atoms with van der Waals surface area (Å²) in [5.41, 5.74) is 1.08. The first-order chi connectivity index (χ1) is 6.22. The highest BCUT2D eigenvalue weighted by atomic mass is 35.5. The molecule has 0 heterocycles. The SMILES string of the molecule is OCC1CC1c1cc(Cl)ccc1Cl. The van der Waals surface area contributed by atoms with Crippen LogP contribution in [0.15, 0.2) is 18.2 Å². The van der Waals surface area contributed by atoms with Gasteiger partial charge in [0.15, 0.2) is 0 Å². The van der Waals surface area contributed by atoms with E-state index in [-0.39, 0.29) is 6.61 Å². The van der Waals surface area contributed by atoms with Crippen molar-refractivity contribution in [1.29, 1.82) is 0 Å².